The number of anilines is 1. The molecule has 8 rings (SSSR count). The molecule has 1 fully saturated rings. The van der Waals surface area contributed by atoms with Crippen molar-refractivity contribution in [1.29, 1.82) is 0 Å². The normalized spacial score (nSPS) is 16.4. The van der Waals surface area contributed by atoms with Gasteiger partial charge >= 0.3 is 5.69 Å². The molecule has 0 amide bonds. The molecule has 0 spiro atoms. The van der Waals surface area contributed by atoms with E-state index in [4.69, 9.17) is 32.9 Å². The van der Waals surface area contributed by atoms with Crippen LogP contribution in [0.1, 0.15) is 46.0 Å². The van der Waals surface area contributed by atoms with E-state index >= 15 is 4.79 Å². The van der Waals surface area contributed by atoms with Gasteiger partial charge in [0.15, 0.2) is 6.23 Å². The number of rotatable bonds is 17. The van der Waals surface area contributed by atoms with Gasteiger partial charge < -0.3 is 33.7 Å². The topological polar surface area (TPSA) is 148 Å². The predicted molar refractivity (Wildman–Crippen MR) is 251 cm³/mol. The van der Waals surface area contributed by atoms with Crippen LogP contribution in [-0.2, 0) is 30.1 Å². The van der Waals surface area contributed by atoms with Gasteiger partial charge in [-0.1, -0.05) is 109 Å². The Kier molecular flexibility index (Phi) is 13.3. The van der Waals surface area contributed by atoms with Gasteiger partial charge in [0, 0.05) is 12.6 Å². The molecule has 1 N–H and O–H groups in total. The van der Waals surface area contributed by atoms with E-state index in [-0.39, 0.29) is 12.2 Å². The number of hydrogen-bond donors (Lipinski definition) is 1. The second-order valence-corrected chi connectivity index (χ2v) is 17.4. The molecule has 1 aliphatic rings. The molecule has 1 aliphatic heterocycles. The molecule has 1 saturated heterocycles. The molecule has 1 aromatic heterocycles. The highest BCUT2D eigenvalue weighted by Crippen LogP contribution is 2.55. The lowest BCUT2D eigenvalue weighted by Crippen LogP contribution is -2.61. The lowest BCUT2D eigenvalue weighted by atomic mass is 9.67. The first-order valence-corrected chi connectivity index (χ1v) is 23.0. The lowest BCUT2D eigenvalue weighted by molar-refractivity contribution is -0.0469. The monoisotopic (exact) mass is 909 g/mol. The van der Waals surface area contributed by atoms with Gasteiger partial charge in [-0.25, -0.2) is 4.79 Å². The fourth-order valence-electron chi connectivity index (χ4n) is 9.17. The van der Waals surface area contributed by atoms with Crippen molar-refractivity contribution in [1.82, 2.24) is 9.55 Å². The zero-order chi connectivity index (χ0) is 46.5. The van der Waals surface area contributed by atoms with Crippen molar-refractivity contribution in [2.75, 3.05) is 46.2 Å². The summed E-state index contributed by atoms with van der Waals surface area (Å²) in [4.78, 5) is 22.2. The fourth-order valence-corrected chi connectivity index (χ4v) is 9.79. The molecule has 340 valence electrons. The molecule has 7 aromatic rings. The minimum Gasteiger partial charge on any atom is -0.497 e. The Morgan fingerprint density at radius 1 is 0.606 bits per heavy atom. The Balaban J connectivity index is 1.58. The highest BCUT2D eigenvalue weighted by Gasteiger charge is 2.55. The van der Waals surface area contributed by atoms with Gasteiger partial charge in [-0.15, -0.1) is 0 Å². The van der Waals surface area contributed by atoms with Crippen LogP contribution in [0.5, 0.6) is 23.0 Å². The van der Waals surface area contributed by atoms with Crippen LogP contribution in [0.15, 0.2) is 175 Å². The van der Waals surface area contributed by atoms with E-state index in [2.05, 4.69) is 29.2 Å². The van der Waals surface area contributed by atoms with E-state index in [0.717, 1.165) is 39.6 Å². The minimum absolute atomic E-state index is 0.0205. The quantitative estimate of drug-likeness (QED) is 0.0706. The molecule has 0 radical (unpaired) electrons. The molecule has 6 aromatic carbocycles. The average Bonchev–Trinajstić information content (AvgIpc) is 3.76. The number of nitrogens with zero attached hydrogens (tertiary/aromatic N) is 3. The number of aliphatic hydroxyl groups is 1. The van der Waals surface area contributed by atoms with Gasteiger partial charge in [0.05, 0.1) is 47.4 Å². The molecule has 14 heteroatoms. The van der Waals surface area contributed by atoms with Crippen molar-refractivity contribution in [3.8, 4) is 23.0 Å². The Labute approximate surface area is 384 Å². The number of benzene rings is 6. The third kappa shape index (κ3) is 8.51. The van der Waals surface area contributed by atoms with E-state index < -0.39 is 51.9 Å². The maximum Gasteiger partial charge on any atom is 0.351 e. The maximum atomic E-state index is 15.1. The summed E-state index contributed by atoms with van der Waals surface area (Å²) in [5, 5.41) is 10.1. The van der Waals surface area contributed by atoms with Crippen LogP contribution in [0.4, 0.5) is 5.82 Å². The highest BCUT2D eigenvalue weighted by molar-refractivity contribution is 7.86. The van der Waals surface area contributed by atoms with Gasteiger partial charge in [0.1, 0.15) is 46.0 Å². The number of aromatic nitrogens is 2. The van der Waals surface area contributed by atoms with Crippen molar-refractivity contribution in [3.05, 3.63) is 214 Å². The Hall–Kier alpha value is -6.97. The van der Waals surface area contributed by atoms with Crippen LogP contribution < -0.4 is 29.5 Å². The lowest BCUT2D eigenvalue weighted by Gasteiger charge is -2.56. The minimum atomic E-state index is -4.00. The highest BCUT2D eigenvalue weighted by atomic mass is 32.2. The second-order valence-electron chi connectivity index (χ2n) is 15.8. The van der Waals surface area contributed by atoms with E-state index in [1.807, 2.05) is 133 Å². The molecular formula is C52H51N3O10S. The molecule has 0 bridgehead atoms. The first kappa shape index (κ1) is 45.6. The Morgan fingerprint density at radius 2 is 0.970 bits per heavy atom. The molecule has 0 unspecified atom stereocenters. The summed E-state index contributed by atoms with van der Waals surface area (Å²) in [5.41, 5.74) is 1.17. The maximum absolute atomic E-state index is 15.1. The van der Waals surface area contributed by atoms with Gasteiger partial charge in [-0.3, -0.25) is 8.75 Å². The number of hydrogen-bond acceptors (Lipinski definition) is 12. The Bertz CT molecular complexity index is 2640. The summed E-state index contributed by atoms with van der Waals surface area (Å²) >= 11 is 0. The second kappa shape index (κ2) is 19.2. The molecule has 0 saturated carbocycles. The Morgan fingerprint density at radius 3 is 1.29 bits per heavy atom. The molecular weight excluding hydrogens is 859 g/mol. The summed E-state index contributed by atoms with van der Waals surface area (Å²) in [7, 11) is 2.46. The summed E-state index contributed by atoms with van der Waals surface area (Å²) in [6, 6.07) is 53.1. The van der Waals surface area contributed by atoms with E-state index in [9.17, 15) is 13.5 Å². The van der Waals surface area contributed by atoms with Gasteiger partial charge in [-0.05, 0) is 88.0 Å². The fraction of sp³-hybridized carbons (Fsp3) is 0.231. The van der Waals surface area contributed by atoms with Gasteiger partial charge in [0.2, 0.25) is 0 Å². The van der Waals surface area contributed by atoms with E-state index in [1.54, 1.807) is 34.5 Å². The number of ether oxygens (including phenoxy) is 5. The van der Waals surface area contributed by atoms with Crippen LogP contribution >= 0.6 is 0 Å². The summed E-state index contributed by atoms with van der Waals surface area (Å²) < 4.78 is 60.7. The number of aliphatic hydroxyl groups excluding tert-OH is 1. The van der Waals surface area contributed by atoms with E-state index in [1.165, 1.54) is 10.8 Å². The zero-order valence-electron chi connectivity index (χ0n) is 37.2. The number of methoxy groups -OCH3 is 4. The largest absolute Gasteiger partial charge is 0.497 e. The van der Waals surface area contributed by atoms with Crippen molar-refractivity contribution >= 4 is 15.9 Å². The third-order valence-corrected chi connectivity index (χ3v) is 12.6. The van der Waals surface area contributed by atoms with Crippen molar-refractivity contribution < 1.29 is 41.4 Å². The smallest absolute Gasteiger partial charge is 0.351 e. The van der Waals surface area contributed by atoms with Crippen molar-refractivity contribution in [3.63, 3.8) is 0 Å². The van der Waals surface area contributed by atoms with Crippen LogP contribution in [0.3, 0.4) is 0 Å². The standard InChI is InChI=1S/C52H51N3O10S/c1-60-42-24-16-38(17-25-42)51(36-12-8-6-9-13-36,39-18-26-43(61-2)27-19-39)55(48-32-33-54(50(57)53-48)49-47(65-66(5,58)59)34-46(35-56)64-49)52(37-14-10-7-11-15-37,40-20-28-44(62-3)29-21-40)41-22-30-45(63-4)31-23-41/h6-33,46-47,49,56H,34-35H2,1-5H3/t46-,47-,49+/m0/s1. The summed E-state index contributed by atoms with van der Waals surface area (Å²) in [6.07, 6.45) is -0.660. The molecule has 13 nitrogen and oxygen atoms in total. The van der Waals surface area contributed by atoms with E-state index in [0.29, 0.717) is 23.0 Å². The van der Waals surface area contributed by atoms with Crippen LogP contribution in [0.2, 0.25) is 0 Å². The summed E-state index contributed by atoms with van der Waals surface area (Å²) in [5.74, 6) is 2.74. The third-order valence-electron chi connectivity index (χ3n) is 12.1. The first-order chi connectivity index (χ1) is 32.0. The molecule has 66 heavy (non-hydrogen) atoms. The predicted octanol–water partition coefficient (Wildman–Crippen LogP) is 7.69. The molecule has 3 atom stereocenters. The first-order valence-electron chi connectivity index (χ1n) is 21.2. The van der Waals surface area contributed by atoms with Crippen molar-refractivity contribution in [2.24, 2.45) is 0 Å². The van der Waals surface area contributed by atoms with Gasteiger partial charge in [-0.2, -0.15) is 13.4 Å². The van der Waals surface area contributed by atoms with Crippen LogP contribution in [-0.4, -0.2) is 76.6 Å². The van der Waals surface area contributed by atoms with Crippen molar-refractivity contribution in [2.45, 2.75) is 35.9 Å². The van der Waals surface area contributed by atoms with Crippen LogP contribution in [0.25, 0.3) is 0 Å². The van der Waals surface area contributed by atoms with Gasteiger partial charge in [0.25, 0.3) is 10.1 Å². The summed E-state index contributed by atoms with van der Waals surface area (Å²) in [6.45, 7) is -0.416. The SMILES string of the molecule is COc1ccc(C(c2ccccc2)(c2ccc(OC)cc2)N(c2ccn([C@@H]3O[C@H](CO)C[C@@H]3OS(C)(=O)=O)c(=O)n2)C(c2ccccc2)(c2ccc(OC)cc2)c2ccc(OC)cc2)cc1. The zero-order valence-corrected chi connectivity index (χ0v) is 38.0. The molecule has 0 aliphatic carbocycles. The average molecular weight is 910 g/mol. The van der Waals surface area contributed by atoms with Crippen LogP contribution in [0, 0.1) is 0 Å². The molecule has 2 heterocycles.